The Bertz CT molecular complexity index is 671. The molecule has 2 N–H and O–H groups in total. The van der Waals surface area contributed by atoms with Crippen LogP contribution >= 0.6 is 11.3 Å². The minimum Gasteiger partial charge on any atom is -0.357 e. The summed E-state index contributed by atoms with van der Waals surface area (Å²) in [5, 5.41) is 9.98. The molecule has 5 heteroatoms. The van der Waals surface area contributed by atoms with Gasteiger partial charge in [-0.3, -0.25) is 4.99 Å². The molecular formula is C19H26N4S. The Balaban J connectivity index is 1.50. The van der Waals surface area contributed by atoms with Crippen LogP contribution in [0.25, 0.3) is 10.6 Å². The molecule has 1 saturated carbocycles. The van der Waals surface area contributed by atoms with E-state index in [-0.39, 0.29) is 0 Å². The van der Waals surface area contributed by atoms with Gasteiger partial charge >= 0.3 is 0 Å². The minimum absolute atomic E-state index is 0.816. The summed E-state index contributed by atoms with van der Waals surface area (Å²) in [4.78, 5) is 9.40. The van der Waals surface area contributed by atoms with E-state index in [1.807, 2.05) is 0 Å². The number of aromatic nitrogens is 1. The van der Waals surface area contributed by atoms with E-state index in [1.165, 1.54) is 24.0 Å². The zero-order valence-electron chi connectivity index (χ0n) is 14.5. The van der Waals surface area contributed by atoms with Gasteiger partial charge in [-0.25, -0.2) is 4.98 Å². The summed E-state index contributed by atoms with van der Waals surface area (Å²) in [6.07, 6.45) is 3.59. The monoisotopic (exact) mass is 342 g/mol. The maximum absolute atomic E-state index is 4.76. The summed E-state index contributed by atoms with van der Waals surface area (Å²) in [5.74, 6) is 1.74. The number of thiazole rings is 1. The number of nitrogens with one attached hydrogen (secondary N) is 2. The molecule has 1 fully saturated rings. The van der Waals surface area contributed by atoms with Crippen LogP contribution in [0.2, 0.25) is 0 Å². The van der Waals surface area contributed by atoms with E-state index in [0.29, 0.717) is 0 Å². The van der Waals surface area contributed by atoms with Crippen LogP contribution in [0.3, 0.4) is 0 Å². The molecule has 1 aliphatic rings. The molecule has 4 nitrogen and oxygen atoms in total. The van der Waals surface area contributed by atoms with Crippen molar-refractivity contribution in [1.82, 2.24) is 15.6 Å². The first-order valence-corrected chi connectivity index (χ1v) is 9.66. The maximum Gasteiger partial charge on any atom is 0.191 e. The lowest BCUT2D eigenvalue weighted by Gasteiger charge is -2.10. The molecule has 128 valence electrons. The molecule has 0 amide bonds. The molecule has 24 heavy (non-hydrogen) atoms. The standard InChI is InChI=1S/C19H26N4S/c1-3-20-19(22-12-15-6-7-15)21-11-10-17-13-24-18(23-17)16-8-4-14(2)5-9-16/h4-5,8-9,13,15H,3,6-7,10-12H2,1-2H3,(H2,20,21,22). The molecule has 1 aromatic carbocycles. The first kappa shape index (κ1) is 17.0. The second kappa shape index (κ2) is 8.29. The van der Waals surface area contributed by atoms with Crippen LogP contribution in [0.4, 0.5) is 0 Å². The number of aryl methyl sites for hydroxylation is 1. The fraction of sp³-hybridized carbons (Fsp3) is 0.474. The maximum atomic E-state index is 4.76. The molecule has 1 heterocycles. The van der Waals surface area contributed by atoms with Gasteiger partial charge in [-0.05, 0) is 32.6 Å². The predicted molar refractivity (Wildman–Crippen MR) is 103 cm³/mol. The molecule has 0 bridgehead atoms. The first-order chi connectivity index (χ1) is 11.7. The Morgan fingerprint density at radius 3 is 2.75 bits per heavy atom. The second-order valence-corrected chi connectivity index (χ2v) is 7.21. The fourth-order valence-electron chi connectivity index (χ4n) is 2.42. The summed E-state index contributed by atoms with van der Waals surface area (Å²) in [6, 6.07) is 8.56. The normalized spacial score (nSPS) is 14.7. The van der Waals surface area contributed by atoms with Crippen molar-refractivity contribution in [2.75, 3.05) is 19.6 Å². The van der Waals surface area contributed by atoms with Crippen LogP contribution in [0.5, 0.6) is 0 Å². The van der Waals surface area contributed by atoms with E-state index in [9.17, 15) is 0 Å². The summed E-state index contributed by atoms with van der Waals surface area (Å²) >= 11 is 1.72. The Kier molecular flexibility index (Phi) is 5.86. The van der Waals surface area contributed by atoms with Gasteiger partial charge < -0.3 is 10.6 Å². The van der Waals surface area contributed by atoms with Crippen LogP contribution in [-0.4, -0.2) is 30.6 Å². The summed E-state index contributed by atoms with van der Waals surface area (Å²) in [6.45, 7) is 6.90. The van der Waals surface area contributed by atoms with Crippen molar-refractivity contribution in [3.05, 3.63) is 40.9 Å². The van der Waals surface area contributed by atoms with Crippen molar-refractivity contribution in [2.24, 2.45) is 10.9 Å². The van der Waals surface area contributed by atoms with Crippen LogP contribution in [-0.2, 0) is 6.42 Å². The fourth-order valence-corrected chi connectivity index (χ4v) is 3.28. The molecule has 0 saturated heterocycles. The van der Waals surface area contributed by atoms with Gasteiger partial charge in [0.2, 0.25) is 0 Å². The van der Waals surface area contributed by atoms with E-state index >= 15 is 0 Å². The summed E-state index contributed by atoms with van der Waals surface area (Å²) < 4.78 is 0. The molecule has 1 aromatic heterocycles. The highest BCUT2D eigenvalue weighted by atomic mass is 32.1. The quantitative estimate of drug-likeness (QED) is 0.597. The number of hydrogen-bond donors (Lipinski definition) is 2. The Hall–Kier alpha value is -1.88. The summed E-state index contributed by atoms with van der Waals surface area (Å²) in [5.41, 5.74) is 3.62. The van der Waals surface area contributed by atoms with Gasteiger partial charge in [0.05, 0.1) is 5.69 Å². The molecule has 0 aliphatic heterocycles. The molecule has 0 spiro atoms. The number of hydrogen-bond acceptors (Lipinski definition) is 3. The van der Waals surface area contributed by atoms with Gasteiger partial charge in [-0.15, -0.1) is 11.3 Å². The largest absolute Gasteiger partial charge is 0.357 e. The van der Waals surface area contributed by atoms with E-state index < -0.39 is 0 Å². The number of guanidine groups is 1. The number of aliphatic imine (C=N–C) groups is 1. The van der Waals surface area contributed by atoms with Crippen molar-refractivity contribution < 1.29 is 0 Å². The van der Waals surface area contributed by atoms with Gasteiger partial charge in [0.1, 0.15) is 5.01 Å². The van der Waals surface area contributed by atoms with E-state index in [4.69, 9.17) is 4.98 Å². The minimum atomic E-state index is 0.816. The molecule has 3 rings (SSSR count). The third-order valence-corrected chi connectivity index (χ3v) is 5.01. The lowest BCUT2D eigenvalue weighted by Crippen LogP contribution is -2.38. The lowest BCUT2D eigenvalue weighted by atomic mass is 10.2. The van der Waals surface area contributed by atoms with Crippen molar-refractivity contribution >= 4 is 17.3 Å². The zero-order valence-corrected chi connectivity index (χ0v) is 15.3. The van der Waals surface area contributed by atoms with Gasteiger partial charge in [-0.1, -0.05) is 29.8 Å². The Morgan fingerprint density at radius 1 is 1.25 bits per heavy atom. The molecule has 2 aromatic rings. The molecular weight excluding hydrogens is 316 g/mol. The van der Waals surface area contributed by atoms with Gasteiger partial charge in [0, 0.05) is 37.0 Å². The number of benzene rings is 1. The number of rotatable bonds is 7. The molecule has 1 aliphatic carbocycles. The number of nitrogens with zero attached hydrogens (tertiary/aromatic N) is 2. The highest BCUT2D eigenvalue weighted by Crippen LogP contribution is 2.28. The smallest absolute Gasteiger partial charge is 0.191 e. The molecule has 0 radical (unpaired) electrons. The van der Waals surface area contributed by atoms with Gasteiger partial charge in [-0.2, -0.15) is 0 Å². The Labute approximate surface area is 148 Å². The van der Waals surface area contributed by atoms with Crippen molar-refractivity contribution in [3.63, 3.8) is 0 Å². The topological polar surface area (TPSA) is 49.3 Å². The third-order valence-electron chi connectivity index (χ3n) is 4.07. The second-order valence-electron chi connectivity index (χ2n) is 6.35. The van der Waals surface area contributed by atoms with Crippen LogP contribution in [0.15, 0.2) is 34.6 Å². The first-order valence-electron chi connectivity index (χ1n) is 8.78. The van der Waals surface area contributed by atoms with E-state index in [1.54, 1.807) is 11.3 Å². The van der Waals surface area contributed by atoms with Crippen molar-refractivity contribution in [1.29, 1.82) is 0 Å². The average Bonchev–Trinajstić information content (AvgIpc) is 3.30. The third kappa shape index (κ3) is 5.06. The highest BCUT2D eigenvalue weighted by Gasteiger charge is 2.20. The highest BCUT2D eigenvalue weighted by molar-refractivity contribution is 7.13. The molecule has 0 unspecified atom stereocenters. The van der Waals surface area contributed by atoms with Gasteiger partial charge in [0.25, 0.3) is 0 Å². The Morgan fingerprint density at radius 2 is 2.04 bits per heavy atom. The van der Waals surface area contributed by atoms with E-state index in [2.05, 4.69) is 59.1 Å². The zero-order chi connectivity index (χ0) is 16.8. The van der Waals surface area contributed by atoms with Crippen LogP contribution in [0, 0.1) is 12.8 Å². The van der Waals surface area contributed by atoms with Crippen LogP contribution in [0.1, 0.15) is 31.0 Å². The van der Waals surface area contributed by atoms with Gasteiger partial charge in [0.15, 0.2) is 5.96 Å². The average molecular weight is 343 g/mol. The van der Waals surface area contributed by atoms with Crippen molar-refractivity contribution in [3.8, 4) is 10.6 Å². The van der Waals surface area contributed by atoms with E-state index in [0.717, 1.165) is 48.6 Å². The van der Waals surface area contributed by atoms with Crippen molar-refractivity contribution in [2.45, 2.75) is 33.1 Å². The predicted octanol–water partition coefficient (Wildman–Crippen LogP) is 3.63. The summed E-state index contributed by atoms with van der Waals surface area (Å²) in [7, 11) is 0. The lowest BCUT2D eigenvalue weighted by molar-refractivity contribution is 0.772. The molecule has 0 atom stereocenters. The van der Waals surface area contributed by atoms with Crippen LogP contribution < -0.4 is 10.6 Å². The SMILES string of the molecule is CCNC(=NCC1CC1)NCCc1csc(-c2ccc(C)cc2)n1.